The number of likely N-dealkylation sites (N-methyl/N-ethyl adjacent to an activating group) is 1. The lowest BCUT2D eigenvalue weighted by molar-refractivity contribution is -0.124. The van der Waals surface area contributed by atoms with Crippen LogP contribution in [0.4, 0.5) is 10.5 Å². The summed E-state index contributed by atoms with van der Waals surface area (Å²) in [7, 11) is 0. The molecule has 0 aliphatic heterocycles. The maximum atomic E-state index is 12.9. The Labute approximate surface area is 180 Å². The summed E-state index contributed by atoms with van der Waals surface area (Å²) in [6.45, 7) is 10.3. The van der Waals surface area contributed by atoms with Crippen molar-refractivity contribution in [2.75, 3.05) is 25.0 Å². The Balaban J connectivity index is 2.02. The van der Waals surface area contributed by atoms with Gasteiger partial charge in [0.2, 0.25) is 5.91 Å². The van der Waals surface area contributed by atoms with E-state index in [1.54, 1.807) is 12.1 Å². The molecule has 0 bridgehead atoms. The Hall–Kier alpha value is -2.86. The zero-order valence-electron chi connectivity index (χ0n) is 18.4. The van der Waals surface area contributed by atoms with Crippen LogP contribution < -0.4 is 16.0 Å². The molecule has 0 radical (unpaired) electrons. The lowest BCUT2D eigenvalue weighted by Gasteiger charge is -2.31. The number of hydrogen-bond acceptors (Lipinski definition) is 3. The number of benzene rings is 2. The Kier molecular flexibility index (Phi) is 9.35. The number of carbonyl (C=O) groups is 2. The highest BCUT2D eigenvalue weighted by atomic mass is 16.2. The predicted molar refractivity (Wildman–Crippen MR) is 122 cm³/mol. The van der Waals surface area contributed by atoms with Gasteiger partial charge in [-0.1, -0.05) is 76.2 Å². The Morgan fingerprint density at radius 2 is 1.47 bits per heavy atom. The van der Waals surface area contributed by atoms with E-state index in [4.69, 9.17) is 0 Å². The SMILES string of the molecule is CCN(CC)C(CNC(=O)C(NC(=O)Nc1ccccc1)C(C)C)c1ccccc1. The molecule has 2 aromatic rings. The third-order valence-electron chi connectivity index (χ3n) is 5.17. The van der Waals surface area contributed by atoms with Gasteiger partial charge >= 0.3 is 6.03 Å². The van der Waals surface area contributed by atoms with Crippen LogP contribution in [0.25, 0.3) is 0 Å². The molecule has 2 aromatic carbocycles. The van der Waals surface area contributed by atoms with Gasteiger partial charge in [0, 0.05) is 12.2 Å². The van der Waals surface area contributed by atoms with Crippen molar-refractivity contribution < 1.29 is 9.59 Å². The highest BCUT2D eigenvalue weighted by Crippen LogP contribution is 2.19. The van der Waals surface area contributed by atoms with Crippen molar-refractivity contribution in [1.82, 2.24) is 15.5 Å². The topological polar surface area (TPSA) is 73.5 Å². The number of rotatable bonds is 10. The molecule has 2 unspecified atom stereocenters. The van der Waals surface area contributed by atoms with Crippen molar-refractivity contribution >= 4 is 17.6 Å². The highest BCUT2D eigenvalue weighted by Gasteiger charge is 2.26. The molecule has 0 spiro atoms. The number of anilines is 1. The van der Waals surface area contributed by atoms with Crippen molar-refractivity contribution in [3.05, 3.63) is 66.2 Å². The molecule has 6 nitrogen and oxygen atoms in total. The molecule has 0 heterocycles. The Morgan fingerprint density at radius 3 is 2.00 bits per heavy atom. The lowest BCUT2D eigenvalue weighted by atomic mass is 10.0. The molecule has 3 amide bonds. The first-order valence-corrected chi connectivity index (χ1v) is 10.7. The van der Waals surface area contributed by atoms with Crippen molar-refractivity contribution in [3.8, 4) is 0 Å². The van der Waals surface area contributed by atoms with Crippen LogP contribution in [0.5, 0.6) is 0 Å². The fraction of sp³-hybridized carbons (Fsp3) is 0.417. The predicted octanol–water partition coefficient (Wildman–Crippen LogP) is 4.03. The third kappa shape index (κ3) is 6.88. The second-order valence-electron chi connectivity index (χ2n) is 7.58. The summed E-state index contributed by atoms with van der Waals surface area (Å²) >= 11 is 0. The quantitative estimate of drug-likeness (QED) is 0.554. The zero-order chi connectivity index (χ0) is 21.9. The highest BCUT2D eigenvalue weighted by molar-refractivity contribution is 5.93. The first-order valence-electron chi connectivity index (χ1n) is 10.7. The van der Waals surface area contributed by atoms with Crippen LogP contribution in [0.3, 0.4) is 0 Å². The summed E-state index contributed by atoms with van der Waals surface area (Å²) in [5.74, 6) is -0.226. The summed E-state index contributed by atoms with van der Waals surface area (Å²) in [5.41, 5.74) is 1.85. The molecule has 2 rings (SSSR count). The summed E-state index contributed by atoms with van der Waals surface area (Å²) in [4.78, 5) is 27.6. The number of urea groups is 1. The van der Waals surface area contributed by atoms with Crippen LogP contribution in [0.1, 0.15) is 39.3 Å². The van der Waals surface area contributed by atoms with Gasteiger partial charge in [0.1, 0.15) is 6.04 Å². The molecule has 0 saturated carbocycles. The molecular formula is C24H34N4O2. The van der Waals surface area contributed by atoms with E-state index in [0.29, 0.717) is 12.2 Å². The number of para-hydroxylation sites is 1. The normalized spacial score (nSPS) is 13.0. The van der Waals surface area contributed by atoms with E-state index < -0.39 is 12.1 Å². The van der Waals surface area contributed by atoms with E-state index in [2.05, 4.69) is 46.8 Å². The zero-order valence-corrected chi connectivity index (χ0v) is 18.4. The molecule has 3 N–H and O–H groups in total. The molecule has 6 heteroatoms. The second-order valence-corrected chi connectivity index (χ2v) is 7.58. The van der Waals surface area contributed by atoms with Gasteiger partial charge in [0.15, 0.2) is 0 Å². The molecule has 2 atom stereocenters. The van der Waals surface area contributed by atoms with Crippen LogP contribution in [-0.2, 0) is 4.79 Å². The first-order chi connectivity index (χ1) is 14.5. The van der Waals surface area contributed by atoms with Gasteiger partial charge < -0.3 is 16.0 Å². The van der Waals surface area contributed by atoms with Gasteiger partial charge in [-0.15, -0.1) is 0 Å². The largest absolute Gasteiger partial charge is 0.352 e. The van der Waals surface area contributed by atoms with Gasteiger partial charge in [-0.05, 0) is 36.7 Å². The Morgan fingerprint density at radius 1 is 0.900 bits per heavy atom. The van der Waals surface area contributed by atoms with Crippen molar-refractivity contribution in [2.24, 2.45) is 5.92 Å². The maximum absolute atomic E-state index is 12.9. The summed E-state index contributed by atoms with van der Waals surface area (Å²) < 4.78 is 0. The third-order valence-corrected chi connectivity index (χ3v) is 5.17. The number of hydrogen-bond donors (Lipinski definition) is 3. The fourth-order valence-corrected chi connectivity index (χ4v) is 3.47. The minimum Gasteiger partial charge on any atom is -0.352 e. The van der Waals surface area contributed by atoms with Gasteiger partial charge in [-0.3, -0.25) is 9.69 Å². The number of amides is 3. The standard InChI is InChI=1S/C24H34N4O2/c1-5-28(6-2)21(19-13-9-7-10-14-19)17-25-23(29)22(18(3)4)27-24(30)26-20-15-11-8-12-16-20/h7-16,18,21-22H,5-6,17H2,1-4H3,(H,25,29)(H2,26,27,30). The van der Waals surface area contributed by atoms with Gasteiger partial charge in [-0.25, -0.2) is 4.79 Å². The molecule has 0 saturated heterocycles. The summed E-state index contributed by atoms with van der Waals surface area (Å²) in [6, 6.07) is 18.4. The van der Waals surface area contributed by atoms with E-state index in [1.165, 1.54) is 0 Å². The average Bonchev–Trinajstić information content (AvgIpc) is 2.76. The van der Waals surface area contributed by atoms with Crippen LogP contribution in [0.2, 0.25) is 0 Å². The molecular weight excluding hydrogens is 376 g/mol. The number of carbonyl (C=O) groups excluding carboxylic acids is 2. The molecule has 0 aliphatic carbocycles. The van der Waals surface area contributed by atoms with Gasteiger partial charge in [-0.2, -0.15) is 0 Å². The van der Waals surface area contributed by atoms with Crippen molar-refractivity contribution in [1.29, 1.82) is 0 Å². The molecule has 0 fully saturated rings. The number of nitrogens with one attached hydrogen (secondary N) is 3. The molecule has 162 valence electrons. The second kappa shape index (κ2) is 12.0. The first kappa shape index (κ1) is 23.4. The minimum atomic E-state index is -0.623. The monoisotopic (exact) mass is 410 g/mol. The van der Waals surface area contributed by atoms with E-state index >= 15 is 0 Å². The Bertz CT molecular complexity index is 776. The van der Waals surface area contributed by atoms with Gasteiger partial charge in [0.25, 0.3) is 0 Å². The lowest BCUT2D eigenvalue weighted by Crippen LogP contribution is -2.52. The van der Waals surface area contributed by atoms with Crippen molar-refractivity contribution in [2.45, 2.75) is 39.8 Å². The van der Waals surface area contributed by atoms with Crippen molar-refractivity contribution in [3.63, 3.8) is 0 Å². The van der Waals surface area contributed by atoms with Crippen LogP contribution in [0.15, 0.2) is 60.7 Å². The summed E-state index contributed by atoms with van der Waals surface area (Å²) in [6.07, 6.45) is 0. The molecule has 30 heavy (non-hydrogen) atoms. The van der Waals surface area contributed by atoms with E-state index in [0.717, 1.165) is 18.7 Å². The average molecular weight is 411 g/mol. The smallest absolute Gasteiger partial charge is 0.319 e. The minimum absolute atomic E-state index is 0.0462. The van der Waals surface area contributed by atoms with Gasteiger partial charge in [0.05, 0.1) is 6.04 Å². The van der Waals surface area contributed by atoms with Crippen LogP contribution >= 0.6 is 0 Å². The van der Waals surface area contributed by atoms with Crippen LogP contribution in [0, 0.1) is 5.92 Å². The fourth-order valence-electron chi connectivity index (χ4n) is 3.47. The summed E-state index contributed by atoms with van der Waals surface area (Å²) in [5, 5.41) is 8.64. The van der Waals surface area contributed by atoms with E-state index in [-0.39, 0.29) is 17.9 Å². The number of nitrogens with zero attached hydrogens (tertiary/aromatic N) is 1. The van der Waals surface area contributed by atoms with E-state index in [9.17, 15) is 9.59 Å². The molecule has 0 aromatic heterocycles. The maximum Gasteiger partial charge on any atom is 0.319 e. The van der Waals surface area contributed by atoms with Crippen LogP contribution in [-0.4, -0.2) is 42.5 Å². The van der Waals surface area contributed by atoms with E-state index in [1.807, 2.05) is 50.2 Å². The molecule has 0 aliphatic rings.